The van der Waals surface area contributed by atoms with E-state index >= 15 is 0 Å². The van der Waals surface area contributed by atoms with Crippen LogP contribution in [0.3, 0.4) is 0 Å². The summed E-state index contributed by atoms with van der Waals surface area (Å²) >= 11 is 1.40. The molecule has 2 aliphatic heterocycles. The molecule has 2 aromatic carbocycles. The van der Waals surface area contributed by atoms with Gasteiger partial charge in [-0.15, -0.1) is 11.3 Å². The van der Waals surface area contributed by atoms with Gasteiger partial charge in [0.05, 0.1) is 23.4 Å². The molecule has 8 nitrogen and oxygen atoms in total. The number of amides is 4. The van der Waals surface area contributed by atoms with E-state index in [1.165, 1.54) is 16.2 Å². The summed E-state index contributed by atoms with van der Waals surface area (Å²) in [6.07, 6.45) is 1.19. The summed E-state index contributed by atoms with van der Waals surface area (Å²) in [7, 11) is 0. The van der Waals surface area contributed by atoms with Gasteiger partial charge >= 0.3 is 0 Å². The maximum atomic E-state index is 13.0. The van der Waals surface area contributed by atoms with Crippen LogP contribution in [0.25, 0.3) is 0 Å². The lowest BCUT2D eigenvalue weighted by Gasteiger charge is -2.31. The van der Waals surface area contributed by atoms with E-state index < -0.39 is 0 Å². The smallest absolute Gasteiger partial charge is 0.261 e. The van der Waals surface area contributed by atoms with Gasteiger partial charge in [0.2, 0.25) is 5.91 Å². The Labute approximate surface area is 206 Å². The van der Waals surface area contributed by atoms with Gasteiger partial charge in [0.1, 0.15) is 0 Å². The summed E-state index contributed by atoms with van der Waals surface area (Å²) in [5.74, 6) is -0.897. The van der Waals surface area contributed by atoms with Crippen molar-refractivity contribution in [2.24, 2.45) is 5.92 Å². The zero-order valence-electron chi connectivity index (χ0n) is 19.2. The van der Waals surface area contributed by atoms with Crippen LogP contribution in [-0.2, 0) is 11.3 Å². The van der Waals surface area contributed by atoms with Crippen LogP contribution >= 0.6 is 11.3 Å². The fraction of sp³-hybridized carbons (Fsp3) is 0.269. The largest absolute Gasteiger partial charge is 0.339 e. The van der Waals surface area contributed by atoms with Gasteiger partial charge in [-0.1, -0.05) is 24.3 Å². The quantitative estimate of drug-likeness (QED) is 0.552. The lowest BCUT2D eigenvalue weighted by atomic mass is 9.95. The molecule has 0 saturated carbocycles. The van der Waals surface area contributed by atoms with Crippen LogP contribution < -0.4 is 5.32 Å². The number of carbonyl (C=O) groups excluding carboxylic acids is 4. The molecule has 5 rings (SSSR count). The molecule has 1 fully saturated rings. The van der Waals surface area contributed by atoms with E-state index in [1.807, 2.05) is 12.3 Å². The van der Waals surface area contributed by atoms with Crippen LogP contribution in [0.1, 0.15) is 55.2 Å². The van der Waals surface area contributed by atoms with Crippen molar-refractivity contribution in [2.75, 3.05) is 18.4 Å². The summed E-state index contributed by atoms with van der Waals surface area (Å²) in [4.78, 5) is 57.9. The summed E-state index contributed by atoms with van der Waals surface area (Å²) in [5.41, 5.74) is 3.02. The van der Waals surface area contributed by atoms with Crippen LogP contribution in [0, 0.1) is 12.8 Å². The van der Waals surface area contributed by atoms with Crippen molar-refractivity contribution in [1.29, 1.82) is 0 Å². The average Bonchev–Trinajstić information content (AvgIpc) is 3.40. The molecule has 1 saturated heterocycles. The van der Waals surface area contributed by atoms with Gasteiger partial charge < -0.3 is 10.2 Å². The van der Waals surface area contributed by atoms with Crippen LogP contribution in [0.2, 0.25) is 0 Å². The summed E-state index contributed by atoms with van der Waals surface area (Å²) in [6, 6.07) is 13.8. The molecule has 9 heteroatoms. The maximum Gasteiger partial charge on any atom is 0.261 e. The number of piperidine rings is 1. The van der Waals surface area contributed by atoms with Crippen molar-refractivity contribution in [3.8, 4) is 0 Å². The fourth-order valence-electron chi connectivity index (χ4n) is 4.46. The molecule has 0 unspecified atom stereocenters. The minimum atomic E-state index is -0.303. The van der Waals surface area contributed by atoms with Crippen molar-refractivity contribution >= 4 is 40.1 Å². The molecule has 1 N–H and O–H groups in total. The first kappa shape index (κ1) is 22.9. The number of aryl methyl sites for hydroxylation is 1. The van der Waals surface area contributed by atoms with Crippen molar-refractivity contribution in [2.45, 2.75) is 26.3 Å². The predicted molar refractivity (Wildman–Crippen MR) is 131 cm³/mol. The van der Waals surface area contributed by atoms with E-state index in [4.69, 9.17) is 0 Å². The molecule has 0 atom stereocenters. The standard InChI is InChI=1S/C26H24N4O4S/c1-16-15-35-26(27-16)28-22(31)18-10-12-29(13-11-18)23(32)19-8-6-17(7-9-19)14-30-24(33)20-4-2-3-5-21(20)25(30)34/h2-9,15,18H,10-14H2,1H3,(H,27,28,31). The monoisotopic (exact) mass is 488 g/mol. The third-order valence-electron chi connectivity index (χ3n) is 6.42. The first-order chi connectivity index (χ1) is 16.9. The number of thiazole rings is 1. The molecule has 178 valence electrons. The number of carbonyl (C=O) groups is 4. The Morgan fingerprint density at radius 1 is 1.00 bits per heavy atom. The van der Waals surface area contributed by atoms with E-state index in [0.717, 1.165) is 11.3 Å². The Morgan fingerprint density at radius 2 is 1.63 bits per heavy atom. The highest BCUT2D eigenvalue weighted by Crippen LogP contribution is 2.25. The third-order valence-corrected chi connectivity index (χ3v) is 7.30. The van der Waals surface area contributed by atoms with Crippen molar-refractivity contribution in [1.82, 2.24) is 14.8 Å². The summed E-state index contributed by atoms with van der Waals surface area (Å²) in [5, 5.41) is 5.36. The number of nitrogens with zero attached hydrogens (tertiary/aromatic N) is 3. The second-order valence-electron chi connectivity index (χ2n) is 8.79. The highest BCUT2D eigenvalue weighted by molar-refractivity contribution is 7.13. The summed E-state index contributed by atoms with van der Waals surface area (Å²) < 4.78 is 0. The maximum absolute atomic E-state index is 13.0. The van der Waals surface area contributed by atoms with E-state index in [1.54, 1.807) is 53.4 Å². The number of anilines is 1. The second kappa shape index (κ2) is 9.42. The molecule has 0 radical (unpaired) electrons. The molecule has 0 spiro atoms. The second-order valence-corrected chi connectivity index (χ2v) is 9.65. The molecule has 4 amide bonds. The van der Waals surface area contributed by atoms with E-state index in [2.05, 4.69) is 10.3 Å². The molecule has 0 bridgehead atoms. The zero-order chi connectivity index (χ0) is 24.5. The van der Waals surface area contributed by atoms with Gasteiger partial charge in [-0.25, -0.2) is 4.98 Å². The Bertz CT molecular complexity index is 1270. The lowest BCUT2D eigenvalue weighted by molar-refractivity contribution is -0.121. The first-order valence-corrected chi connectivity index (χ1v) is 12.3. The Balaban J connectivity index is 1.16. The Hall–Kier alpha value is -3.85. The summed E-state index contributed by atoms with van der Waals surface area (Å²) in [6.45, 7) is 3.04. The number of likely N-dealkylation sites (tertiary alicyclic amines) is 1. The number of imide groups is 1. The molecular formula is C26H24N4O4S. The van der Waals surface area contributed by atoms with Gasteiger partial charge in [-0.2, -0.15) is 0 Å². The SMILES string of the molecule is Cc1csc(NC(=O)C2CCN(C(=O)c3ccc(CN4C(=O)c5ccccc5C4=O)cc3)CC2)n1. The molecular weight excluding hydrogens is 464 g/mol. The Morgan fingerprint density at radius 3 is 2.20 bits per heavy atom. The molecule has 3 aromatic rings. The Kier molecular flexibility index (Phi) is 6.17. The number of aromatic nitrogens is 1. The normalized spacial score (nSPS) is 15.9. The molecule has 3 heterocycles. The number of hydrogen-bond donors (Lipinski definition) is 1. The van der Waals surface area contributed by atoms with Gasteiger partial charge in [-0.05, 0) is 49.6 Å². The number of fused-ring (bicyclic) bond motifs is 1. The van der Waals surface area contributed by atoms with Crippen LogP contribution in [0.15, 0.2) is 53.9 Å². The van der Waals surface area contributed by atoms with Crippen LogP contribution in [-0.4, -0.2) is 51.5 Å². The zero-order valence-corrected chi connectivity index (χ0v) is 20.0. The minimum absolute atomic E-state index is 0.0519. The third kappa shape index (κ3) is 4.59. The van der Waals surface area contributed by atoms with Gasteiger partial charge in [0.15, 0.2) is 5.13 Å². The predicted octanol–water partition coefficient (Wildman–Crippen LogP) is 3.74. The van der Waals surface area contributed by atoms with Gasteiger partial charge in [-0.3, -0.25) is 24.1 Å². The average molecular weight is 489 g/mol. The molecule has 1 aromatic heterocycles. The molecule has 35 heavy (non-hydrogen) atoms. The highest BCUT2D eigenvalue weighted by Gasteiger charge is 2.35. The molecule has 0 aliphatic carbocycles. The van der Waals surface area contributed by atoms with Crippen LogP contribution in [0.4, 0.5) is 5.13 Å². The highest BCUT2D eigenvalue weighted by atomic mass is 32.1. The number of rotatable bonds is 5. The number of nitrogens with one attached hydrogen (secondary N) is 1. The van der Waals surface area contributed by atoms with Gasteiger partial charge in [0, 0.05) is 30.0 Å². The van der Waals surface area contributed by atoms with Gasteiger partial charge in [0.25, 0.3) is 17.7 Å². The van der Waals surface area contributed by atoms with Crippen molar-refractivity contribution in [3.05, 3.63) is 81.9 Å². The van der Waals surface area contributed by atoms with E-state index in [0.29, 0.717) is 47.8 Å². The fourth-order valence-corrected chi connectivity index (χ4v) is 5.16. The van der Waals surface area contributed by atoms with E-state index in [-0.39, 0.29) is 36.1 Å². The molecule has 2 aliphatic rings. The lowest BCUT2D eigenvalue weighted by Crippen LogP contribution is -2.41. The first-order valence-electron chi connectivity index (χ1n) is 11.5. The minimum Gasteiger partial charge on any atom is -0.339 e. The topological polar surface area (TPSA) is 99.7 Å². The van der Waals surface area contributed by atoms with Crippen molar-refractivity contribution in [3.63, 3.8) is 0 Å². The number of benzene rings is 2. The number of hydrogen-bond acceptors (Lipinski definition) is 6. The van der Waals surface area contributed by atoms with Crippen LogP contribution in [0.5, 0.6) is 0 Å². The van der Waals surface area contributed by atoms with E-state index in [9.17, 15) is 19.2 Å². The van der Waals surface area contributed by atoms with Crippen molar-refractivity contribution < 1.29 is 19.2 Å².